The summed E-state index contributed by atoms with van der Waals surface area (Å²) in [5.74, 6) is -0.277. The van der Waals surface area contributed by atoms with Gasteiger partial charge < -0.3 is 19.3 Å². The highest BCUT2D eigenvalue weighted by Crippen LogP contribution is 2.21. The van der Waals surface area contributed by atoms with Gasteiger partial charge in [0.25, 0.3) is 0 Å². The standard InChI is InChI=1S/C22H36O6/c1-7-15(5)19(8-2)28-22(25)16(6)9-10-17(23)11-20(14(3)4)27-21-12-18(24)13-26-21/h7,9,14,18-21,24H,8,10-13H2,1-6H3/b15-7-,16-9-. The minimum Gasteiger partial charge on any atom is -0.455 e. The third-order valence-electron chi connectivity index (χ3n) is 4.98. The Balaban J connectivity index is 2.56. The lowest BCUT2D eigenvalue weighted by molar-refractivity contribution is -0.160. The van der Waals surface area contributed by atoms with Gasteiger partial charge in [-0.25, -0.2) is 4.79 Å². The number of carbonyl (C=O) groups is 2. The Morgan fingerprint density at radius 2 is 1.96 bits per heavy atom. The van der Waals surface area contributed by atoms with E-state index in [2.05, 4.69) is 0 Å². The van der Waals surface area contributed by atoms with Crippen LogP contribution in [0.2, 0.25) is 0 Å². The van der Waals surface area contributed by atoms with Crippen LogP contribution >= 0.6 is 0 Å². The van der Waals surface area contributed by atoms with Crippen molar-refractivity contribution in [1.29, 1.82) is 0 Å². The molecule has 4 atom stereocenters. The van der Waals surface area contributed by atoms with E-state index in [-0.39, 0.29) is 43.4 Å². The number of hydrogen-bond acceptors (Lipinski definition) is 6. The molecule has 0 aromatic rings. The molecular formula is C22H36O6. The van der Waals surface area contributed by atoms with Crippen LogP contribution in [0.15, 0.2) is 23.3 Å². The maximum absolute atomic E-state index is 12.4. The zero-order chi connectivity index (χ0) is 21.3. The van der Waals surface area contributed by atoms with Gasteiger partial charge in [0.05, 0.1) is 18.8 Å². The molecule has 6 heteroatoms. The fourth-order valence-electron chi connectivity index (χ4n) is 2.87. The number of rotatable bonds is 11. The maximum atomic E-state index is 12.4. The number of hydrogen-bond donors (Lipinski definition) is 1. The van der Waals surface area contributed by atoms with E-state index in [1.165, 1.54) is 0 Å². The lowest BCUT2D eigenvalue weighted by Crippen LogP contribution is -2.28. The summed E-state index contributed by atoms with van der Waals surface area (Å²) in [6.45, 7) is 11.7. The predicted octanol–water partition coefficient (Wildman–Crippen LogP) is 3.72. The molecule has 0 spiro atoms. The van der Waals surface area contributed by atoms with Gasteiger partial charge in [-0.3, -0.25) is 4.79 Å². The van der Waals surface area contributed by atoms with Gasteiger partial charge in [-0.15, -0.1) is 0 Å². The molecule has 6 nitrogen and oxygen atoms in total. The maximum Gasteiger partial charge on any atom is 0.333 e. The lowest BCUT2D eigenvalue weighted by atomic mass is 9.99. The SMILES string of the molecule is C/C=C(/C)C(CC)OC(=O)/C(C)=C\CC(=O)CC(OC1CC(O)CO1)C(C)C. The smallest absolute Gasteiger partial charge is 0.333 e. The Morgan fingerprint density at radius 3 is 2.46 bits per heavy atom. The molecule has 1 aliphatic heterocycles. The molecule has 0 saturated carbocycles. The van der Waals surface area contributed by atoms with Crippen molar-refractivity contribution in [1.82, 2.24) is 0 Å². The first-order valence-electron chi connectivity index (χ1n) is 10.1. The van der Waals surface area contributed by atoms with Gasteiger partial charge in [-0.1, -0.05) is 32.9 Å². The first-order valence-corrected chi connectivity index (χ1v) is 10.1. The Bertz CT molecular complexity index is 578. The molecule has 1 fully saturated rings. The molecular weight excluding hydrogens is 360 g/mol. The van der Waals surface area contributed by atoms with Crippen molar-refractivity contribution < 1.29 is 28.9 Å². The van der Waals surface area contributed by atoms with Crippen LogP contribution in [0.3, 0.4) is 0 Å². The minimum atomic E-state index is -0.511. The summed E-state index contributed by atoms with van der Waals surface area (Å²) in [6, 6.07) is 0. The predicted molar refractivity (Wildman–Crippen MR) is 108 cm³/mol. The number of esters is 1. The van der Waals surface area contributed by atoms with E-state index in [0.29, 0.717) is 18.4 Å². The fourth-order valence-corrected chi connectivity index (χ4v) is 2.87. The lowest BCUT2D eigenvalue weighted by Gasteiger charge is -2.24. The molecule has 1 rings (SSSR count). The molecule has 160 valence electrons. The van der Waals surface area contributed by atoms with Crippen LogP contribution < -0.4 is 0 Å². The fraction of sp³-hybridized carbons (Fsp3) is 0.727. The number of aliphatic hydroxyl groups excluding tert-OH is 1. The molecule has 28 heavy (non-hydrogen) atoms. The minimum absolute atomic E-state index is 0.0129. The second-order valence-corrected chi connectivity index (χ2v) is 7.74. The van der Waals surface area contributed by atoms with Gasteiger partial charge in [0.2, 0.25) is 0 Å². The number of ketones is 1. The van der Waals surface area contributed by atoms with Gasteiger partial charge in [0.15, 0.2) is 6.29 Å². The highest BCUT2D eigenvalue weighted by molar-refractivity contribution is 5.89. The Hall–Kier alpha value is -1.50. The van der Waals surface area contributed by atoms with Crippen molar-refractivity contribution in [3.63, 3.8) is 0 Å². The molecule has 0 amide bonds. The van der Waals surface area contributed by atoms with Crippen molar-refractivity contribution in [2.24, 2.45) is 5.92 Å². The van der Waals surface area contributed by atoms with Crippen molar-refractivity contribution in [3.8, 4) is 0 Å². The molecule has 1 N–H and O–H groups in total. The van der Waals surface area contributed by atoms with Crippen LogP contribution in [0.4, 0.5) is 0 Å². The van der Waals surface area contributed by atoms with Crippen LogP contribution in [0.25, 0.3) is 0 Å². The van der Waals surface area contributed by atoms with E-state index in [1.54, 1.807) is 13.0 Å². The third-order valence-corrected chi connectivity index (χ3v) is 4.98. The van der Waals surface area contributed by atoms with Crippen molar-refractivity contribution in [2.45, 2.75) is 91.8 Å². The Labute approximate surface area is 168 Å². The number of allylic oxidation sites excluding steroid dienone is 2. The highest BCUT2D eigenvalue weighted by Gasteiger charge is 2.29. The largest absolute Gasteiger partial charge is 0.455 e. The normalized spacial score (nSPS) is 23.0. The van der Waals surface area contributed by atoms with Crippen molar-refractivity contribution in [3.05, 3.63) is 23.3 Å². The monoisotopic (exact) mass is 396 g/mol. The topological polar surface area (TPSA) is 82.1 Å². The summed E-state index contributed by atoms with van der Waals surface area (Å²) in [6.07, 6.45) is 3.57. The van der Waals surface area contributed by atoms with E-state index in [9.17, 15) is 14.7 Å². The summed E-state index contributed by atoms with van der Waals surface area (Å²) in [4.78, 5) is 24.6. The van der Waals surface area contributed by atoms with Crippen LogP contribution in [0.5, 0.6) is 0 Å². The van der Waals surface area contributed by atoms with Gasteiger partial charge in [0.1, 0.15) is 11.9 Å². The van der Waals surface area contributed by atoms with E-state index in [4.69, 9.17) is 14.2 Å². The van der Waals surface area contributed by atoms with E-state index < -0.39 is 18.4 Å². The number of ether oxygens (including phenoxy) is 3. The van der Waals surface area contributed by atoms with E-state index >= 15 is 0 Å². The second kappa shape index (κ2) is 12.1. The molecule has 4 unspecified atom stereocenters. The molecule has 1 saturated heterocycles. The first kappa shape index (κ1) is 24.5. The third kappa shape index (κ3) is 8.25. The van der Waals surface area contributed by atoms with Crippen LogP contribution in [0, 0.1) is 5.92 Å². The average molecular weight is 397 g/mol. The summed E-state index contributed by atoms with van der Waals surface area (Å²) in [7, 11) is 0. The molecule has 0 radical (unpaired) electrons. The Kier molecular flexibility index (Phi) is 10.6. The van der Waals surface area contributed by atoms with Gasteiger partial charge in [-0.2, -0.15) is 0 Å². The molecule has 1 aliphatic rings. The molecule has 0 aromatic carbocycles. The molecule has 1 heterocycles. The van der Waals surface area contributed by atoms with E-state index in [0.717, 1.165) is 5.57 Å². The van der Waals surface area contributed by atoms with Crippen molar-refractivity contribution >= 4 is 11.8 Å². The molecule has 0 bridgehead atoms. The van der Waals surface area contributed by atoms with Crippen molar-refractivity contribution in [2.75, 3.05) is 6.61 Å². The van der Waals surface area contributed by atoms with Crippen LogP contribution in [-0.2, 0) is 23.8 Å². The van der Waals surface area contributed by atoms with Crippen LogP contribution in [0.1, 0.15) is 67.2 Å². The van der Waals surface area contributed by atoms with Gasteiger partial charge >= 0.3 is 5.97 Å². The number of aliphatic hydroxyl groups is 1. The zero-order valence-electron chi connectivity index (χ0n) is 18.1. The molecule has 0 aromatic heterocycles. The first-order chi connectivity index (χ1) is 13.2. The quantitative estimate of drug-likeness (QED) is 0.326. The van der Waals surface area contributed by atoms with Gasteiger partial charge in [0, 0.05) is 24.8 Å². The van der Waals surface area contributed by atoms with Crippen LogP contribution in [-0.4, -0.2) is 48.1 Å². The number of carbonyl (C=O) groups excluding carboxylic acids is 2. The second-order valence-electron chi connectivity index (χ2n) is 7.74. The summed E-state index contributed by atoms with van der Waals surface area (Å²) in [5, 5.41) is 9.53. The summed E-state index contributed by atoms with van der Waals surface area (Å²) < 4.78 is 16.7. The molecule has 0 aliphatic carbocycles. The Morgan fingerprint density at radius 1 is 1.29 bits per heavy atom. The summed E-state index contributed by atoms with van der Waals surface area (Å²) >= 11 is 0. The van der Waals surface area contributed by atoms with E-state index in [1.807, 2.05) is 40.7 Å². The highest BCUT2D eigenvalue weighted by atomic mass is 16.7. The average Bonchev–Trinajstić information content (AvgIpc) is 3.07. The van der Waals surface area contributed by atoms with Gasteiger partial charge in [-0.05, 0) is 38.7 Å². The summed E-state index contributed by atoms with van der Waals surface area (Å²) in [5.41, 5.74) is 1.44. The number of Topliss-reactive ketones (excluding diaryl/α,β-unsaturated/α-hetero) is 1. The zero-order valence-corrected chi connectivity index (χ0v) is 18.1.